The Morgan fingerprint density at radius 2 is 1.53 bits per heavy atom. The Labute approximate surface area is 196 Å². The first-order chi connectivity index (χ1) is 15.3. The lowest BCUT2D eigenvalue weighted by Crippen LogP contribution is -2.51. The van der Waals surface area contributed by atoms with Crippen molar-refractivity contribution in [3.05, 3.63) is 93.5 Å². The van der Waals surface area contributed by atoms with Crippen LogP contribution < -0.4 is 0 Å². The van der Waals surface area contributed by atoms with E-state index in [1.54, 1.807) is 12.1 Å². The molecule has 3 aromatic rings. The van der Waals surface area contributed by atoms with E-state index < -0.39 is 17.6 Å². The Bertz CT molecular complexity index is 1170. The van der Waals surface area contributed by atoms with Gasteiger partial charge in [0.2, 0.25) is 0 Å². The molecule has 0 saturated heterocycles. The van der Waals surface area contributed by atoms with Crippen molar-refractivity contribution in [2.24, 2.45) is 0 Å². The molecule has 0 bridgehead atoms. The zero-order chi connectivity index (χ0) is 23.0. The Balaban J connectivity index is 1.60. The topological polar surface area (TPSA) is 66.8 Å². The van der Waals surface area contributed by atoms with Crippen LogP contribution in [0.15, 0.2) is 66.7 Å². The third-order valence-electron chi connectivity index (χ3n) is 6.17. The Hall–Kier alpha value is -3.02. The maximum atomic E-state index is 13.0. The molecule has 1 amide bonds. The van der Waals surface area contributed by atoms with E-state index in [2.05, 4.69) is 0 Å². The fourth-order valence-corrected chi connectivity index (χ4v) is 4.68. The quantitative estimate of drug-likeness (QED) is 0.484. The van der Waals surface area contributed by atoms with E-state index in [-0.39, 0.29) is 28.1 Å². The molecule has 0 radical (unpaired) electrons. The largest absolute Gasteiger partial charge is 0.479 e. The number of carbonyl (C=O) groups excluding carboxylic acids is 1. The lowest BCUT2D eigenvalue weighted by Gasteiger charge is -2.35. The Morgan fingerprint density at radius 1 is 0.969 bits per heavy atom. The first kappa shape index (κ1) is 22.2. The minimum atomic E-state index is -1.77. The molecule has 1 N–H and O–H groups in total. The number of benzene rings is 3. The second kappa shape index (κ2) is 8.49. The van der Waals surface area contributed by atoms with Gasteiger partial charge in [-0.2, -0.15) is 0 Å². The van der Waals surface area contributed by atoms with Gasteiger partial charge in [-0.3, -0.25) is 4.90 Å². The van der Waals surface area contributed by atoms with Gasteiger partial charge in [-0.1, -0.05) is 83.9 Å². The van der Waals surface area contributed by atoms with Crippen LogP contribution in [0.5, 0.6) is 0 Å². The molecule has 5 nitrogen and oxygen atoms in total. The molecule has 1 aliphatic rings. The van der Waals surface area contributed by atoms with Gasteiger partial charge in [-0.15, -0.1) is 0 Å². The number of aliphatic carboxylic acids is 1. The normalized spacial score (nSPS) is 14.2. The highest BCUT2D eigenvalue weighted by atomic mass is 35.5. The molecule has 0 aliphatic heterocycles. The molecule has 4 rings (SSSR count). The molecule has 1 aliphatic carbocycles. The number of carboxylic acid groups (broad SMARTS) is 1. The number of fused-ring (bicyclic) bond motifs is 3. The SMILES string of the molecule is CN(C(=O)OCC1c2ccccc2-c2ccccc21)C(C)(C(=O)O)c1cccc(Cl)c1Cl. The van der Waals surface area contributed by atoms with Crippen molar-refractivity contribution < 1.29 is 19.4 Å². The predicted octanol–water partition coefficient (Wildman–Crippen LogP) is 6.17. The second-order valence-corrected chi connectivity index (χ2v) is 8.63. The number of rotatable bonds is 5. The molecule has 7 heteroatoms. The number of nitrogens with zero attached hydrogens (tertiary/aromatic N) is 1. The van der Waals surface area contributed by atoms with Gasteiger partial charge in [0, 0.05) is 18.5 Å². The Kier molecular flexibility index (Phi) is 5.89. The van der Waals surface area contributed by atoms with E-state index in [0.29, 0.717) is 0 Å². The van der Waals surface area contributed by atoms with Crippen molar-refractivity contribution in [1.29, 1.82) is 0 Å². The van der Waals surface area contributed by atoms with Gasteiger partial charge in [0.25, 0.3) is 0 Å². The Morgan fingerprint density at radius 3 is 2.09 bits per heavy atom. The summed E-state index contributed by atoms with van der Waals surface area (Å²) in [5.41, 5.74) is 2.79. The minimum absolute atomic E-state index is 0.0795. The lowest BCUT2D eigenvalue weighted by atomic mass is 9.90. The van der Waals surface area contributed by atoms with Gasteiger partial charge in [-0.25, -0.2) is 9.59 Å². The number of halogens is 2. The van der Waals surface area contributed by atoms with Crippen LogP contribution in [0.2, 0.25) is 10.0 Å². The summed E-state index contributed by atoms with van der Waals surface area (Å²) in [5, 5.41) is 10.3. The summed E-state index contributed by atoms with van der Waals surface area (Å²) in [6.45, 7) is 1.48. The number of carboxylic acids is 1. The summed E-state index contributed by atoms with van der Waals surface area (Å²) in [5.74, 6) is -1.39. The molecule has 0 aromatic heterocycles. The van der Waals surface area contributed by atoms with Crippen LogP contribution in [0, 0.1) is 0 Å². The third kappa shape index (κ3) is 3.51. The number of hydrogen-bond donors (Lipinski definition) is 1. The first-order valence-electron chi connectivity index (χ1n) is 10.0. The summed E-state index contributed by atoms with van der Waals surface area (Å²) >= 11 is 12.4. The van der Waals surface area contributed by atoms with E-state index in [1.165, 1.54) is 20.0 Å². The molecule has 0 saturated carbocycles. The highest BCUT2D eigenvalue weighted by Crippen LogP contribution is 2.45. The van der Waals surface area contributed by atoms with Crippen LogP contribution in [-0.2, 0) is 15.1 Å². The van der Waals surface area contributed by atoms with Crippen molar-refractivity contribution in [2.75, 3.05) is 13.7 Å². The third-order valence-corrected chi connectivity index (χ3v) is 6.99. The molecule has 32 heavy (non-hydrogen) atoms. The fraction of sp³-hybridized carbons (Fsp3) is 0.200. The van der Waals surface area contributed by atoms with Crippen LogP contribution >= 0.6 is 23.2 Å². The average Bonchev–Trinajstić information content (AvgIpc) is 3.12. The maximum absolute atomic E-state index is 13.0. The fourth-order valence-electron chi connectivity index (χ4n) is 4.19. The van der Waals surface area contributed by atoms with Gasteiger partial charge >= 0.3 is 12.1 Å². The molecule has 0 spiro atoms. The van der Waals surface area contributed by atoms with E-state index in [1.807, 2.05) is 48.5 Å². The van der Waals surface area contributed by atoms with Crippen molar-refractivity contribution in [2.45, 2.75) is 18.4 Å². The van der Waals surface area contributed by atoms with Crippen molar-refractivity contribution in [1.82, 2.24) is 4.90 Å². The minimum Gasteiger partial charge on any atom is -0.479 e. The van der Waals surface area contributed by atoms with Crippen LogP contribution in [0.3, 0.4) is 0 Å². The van der Waals surface area contributed by atoms with Crippen molar-refractivity contribution in [3.8, 4) is 11.1 Å². The number of ether oxygens (including phenoxy) is 1. The van der Waals surface area contributed by atoms with Crippen LogP contribution in [-0.4, -0.2) is 35.7 Å². The van der Waals surface area contributed by atoms with E-state index in [4.69, 9.17) is 27.9 Å². The van der Waals surface area contributed by atoms with E-state index in [0.717, 1.165) is 27.2 Å². The molecule has 1 unspecified atom stereocenters. The van der Waals surface area contributed by atoms with Gasteiger partial charge in [0.1, 0.15) is 6.61 Å². The summed E-state index contributed by atoms with van der Waals surface area (Å²) in [4.78, 5) is 26.3. The number of amides is 1. The first-order valence-corrected chi connectivity index (χ1v) is 10.8. The number of likely N-dealkylation sites (N-methyl/N-ethyl adjacent to an activating group) is 1. The number of hydrogen-bond acceptors (Lipinski definition) is 3. The smallest absolute Gasteiger partial charge is 0.410 e. The molecule has 0 fully saturated rings. The van der Waals surface area contributed by atoms with E-state index in [9.17, 15) is 14.7 Å². The average molecular weight is 470 g/mol. The van der Waals surface area contributed by atoms with E-state index >= 15 is 0 Å². The highest BCUT2D eigenvalue weighted by molar-refractivity contribution is 6.42. The molecular formula is C25H21Cl2NO4. The summed E-state index contributed by atoms with van der Waals surface area (Å²) < 4.78 is 5.64. The summed E-state index contributed by atoms with van der Waals surface area (Å²) in [7, 11) is 1.38. The molecule has 164 valence electrons. The zero-order valence-electron chi connectivity index (χ0n) is 17.5. The molecule has 1 atom stereocenters. The van der Waals surface area contributed by atoms with Gasteiger partial charge in [-0.05, 0) is 35.2 Å². The summed E-state index contributed by atoms with van der Waals surface area (Å²) in [6, 6.07) is 20.7. The van der Waals surface area contributed by atoms with Gasteiger partial charge in [0.15, 0.2) is 5.54 Å². The monoisotopic (exact) mass is 469 g/mol. The standard InChI is InChI=1S/C25H21Cl2NO4/c1-25(23(29)30,20-12-7-13-21(26)22(20)27)28(2)24(31)32-14-19-17-10-5-3-8-15(17)16-9-4-6-11-18(16)19/h3-13,19H,14H2,1-2H3,(H,29,30). The molecule has 3 aromatic carbocycles. The van der Waals surface area contributed by atoms with Crippen LogP contribution in [0.4, 0.5) is 4.79 Å². The second-order valence-electron chi connectivity index (χ2n) is 7.84. The maximum Gasteiger partial charge on any atom is 0.410 e. The molecule has 0 heterocycles. The van der Waals surface area contributed by atoms with Gasteiger partial charge in [0.05, 0.1) is 10.0 Å². The molecular weight excluding hydrogens is 449 g/mol. The van der Waals surface area contributed by atoms with Gasteiger partial charge < -0.3 is 9.84 Å². The van der Waals surface area contributed by atoms with Crippen LogP contribution in [0.25, 0.3) is 11.1 Å². The van der Waals surface area contributed by atoms with Crippen molar-refractivity contribution in [3.63, 3.8) is 0 Å². The number of carbonyl (C=O) groups is 2. The van der Waals surface area contributed by atoms with Crippen LogP contribution in [0.1, 0.15) is 29.5 Å². The highest BCUT2D eigenvalue weighted by Gasteiger charge is 2.45. The zero-order valence-corrected chi connectivity index (χ0v) is 19.0. The van der Waals surface area contributed by atoms with Crippen molar-refractivity contribution >= 4 is 35.3 Å². The lowest BCUT2D eigenvalue weighted by molar-refractivity contribution is -0.149. The summed E-state index contributed by atoms with van der Waals surface area (Å²) in [6.07, 6.45) is -0.771. The predicted molar refractivity (Wildman–Crippen MR) is 124 cm³/mol.